The molecular weight excluding hydrogens is 228 g/mol. The molecule has 17 heavy (non-hydrogen) atoms. The van der Waals surface area contributed by atoms with E-state index in [0.717, 1.165) is 0 Å². The van der Waals surface area contributed by atoms with Crippen molar-refractivity contribution in [3.63, 3.8) is 0 Å². The Morgan fingerprint density at radius 3 is 2.82 bits per heavy atom. The maximum absolute atomic E-state index is 11.3. The number of H-pyrrole nitrogens is 1. The molecule has 0 aliphatic carbocycles. The fourth-order valence-electron chi connectivity index (χ4n) is 1.15. The van der Waals surface area contributed by atoms with Gasteiger partial charge < -0.3 is 15.4 Å². The van der Waals surface area contributed by atoms with E-state index in [9.17, 15) is 14.5 Å². The average Bonchev–Trinajstić information content (AvgIpc) is 2.79. The van der Waals surface area contributed by atoms with Gasteiger partial charge in [-0.25, -0.2) is 9.78 Å². The number of carbonyl (C=O) groups excluding carboxylic acids is 1. The topological polar surface area (TPSA) is 125 Å². The van der Waals surface area contributed by atoms with Gasteiger partial charge in [-0.1, -0.05) is 5.18 Å². The summed E-state index contributed by atoms with van der Waals surface area (Å²) in [5, 5.41) is 13.7. The third-order valence-corrected chi connectivity index (χ3v) is 2.12. The Bertz CT molecular complexity index is 403. The summed E-state index contributed by atoms with van der Waals surface area (Å²) in [4.78, 5) is 38.9. The van der Waals surface area contributed by atoms with Crippen molar-refractivity contribution in [2.75, 3.05) is 0 Å². The van der Waals surface area contributed by atoms with Crippen LogP contribution in [0.5, 0.6) is 0 Å². The molecule has 0 aliphatic heterocycles. The van der Waals surface area contributed by atoms with Crippen molar-refractivity contribution < 1.29 is 14.7 Å². The van der Waals surface area contributed by atoms with Crippen LogP contribution in [0.15, 0.2) is 17.7 Å². The van der Waals surface area contributed by atoms with Crippen molar-refractivity contribution in [1.29, 1.82) is 0 Å². The van der Waals surface area contributed by atoms with Crippen LogP contribution >= 0.6 is 0 Å². The zero-order valence-corrected chi connectivity index (χ0v) is 9.08. The number of nitrogens with zero attached hydrogens (tertiary/aromatic N) is 2. The van der Waals surface area contributed by atoms with E-state index in [4.69, 9.17) is 5.11 Å². The Kier molecular flexibility index (Phi) is 4.32. The number of carbonyl (C=O) groups is 2. The number of nitroso groups, excluding NO2 is 1. The van der Waals surface area contributed by atoms with Gasteiger partial charge in [-0.15, -0.1) is 4.91 Å². The van der Waals surface area contributed by atoms with Crippen molar-refractivity contribution in [2.45, 2.75) is 25.4 Å². The second kappa shape index (κ2) is 5.73. The van der Waals surface area contributed by atoms with E-state index in [2.05, 4.69) is 20.5 Å². The maximum atomic E-state index is 11.3. The molecule has 92 valence electrons. The van der Waals surface area contributed by atoms with Crippen molar-refractivity contribution >= 4 is 11.9 Å². The number of amides is 1. The van der Waals surface area contributed by atoms with Crippen LogP contribution in [0.1, 0.15) is 12.6 Å². The lowest BCUT2D eigenvalue weighted by molar-refractivity contribution is -0.141. The van der Waals surface area contributed by atoms with Gasteiger partial charge in [-0.05, 0) is 6.92 Å². The van der Waals surface area contributed by atoms with Crippen molar-refractivity contribution in [2.24, 2.45) is 5.18 Å². The molecule has 8 heteroatoms. The number of rotatable bonds is 6. The molecule has 3 N–H and O–H groups in total. The van der Waals surface area contributed by atoms with Crippen molar-refractivity contribution in [3.8, 4) is 0 Å². The van der Waals surface area contributed by atoms with Gasteiger partial charge in [-0.2, -0.15) is 0 Å². The van der Waals surface area contributed by atoms with Crippen LogP contribution in [0.2, 0.25) is 0 Å². The molecule has 8 nitrogen and oxygen atoms in total. The largest absolute Gasteiger partial charge is 0.480 e. The fraction of sp³-hybridized carbons (Fsp3) is 0.444. The molecule has 1 aromatic rings. The first-order valence-electron chi connectivity index (χ1n) is 4.88. The molecule has 1 rings (SSSR count). The molecule has 0 radical (unpaired) electrons. The smallest absolute Gasteiger partial charge is 0.326 e. The van der Waals surface area contributed by atoms with Crippen LogP contribution in [-0.4, -0.2) is 39.0 Å². The van der Waals surface area contributed by atoms with Crippen LogP contribution in [0.4, 0.5) is 0 Å². The summed E-state index contributed by atoms with van der Waals surface area (Å²) in [5.74, 6) is -1.91. The number of carboxylic acid groups (broad SMARTS) is 1. The van der Waals surface area contributed by atoms with Gasteiger partial charge >= 0.3 is 5.97 Å². The SMILES string of the molecule is CC(N=O)C(=O)N[C@@H](Cc1c[nH]cn1)C(=O)O. The van der Waals surface area contributed by atoms with Crippen molar-refractivity contribution in [1.82, 2.24) is 15.3 Å². The van der Waals surface area contributed by atoms with Gasteiger partial charge in [0.25, 0.3) is 0 Å². The molecule has 0 aliphatic rings. The molecule has 0 fully saturated rings. The van der Waals surface area contributed by atoms with E-state index in [0.29, 0.717) is 5.69 Å². The van der Waals surface area contributed by atoms with E-state index < -0.39 is 24.0 Å². The van der Waals surface area contributed by atoms with E-state index in [1.54, 1.807) is 0 Å². The number of aliphatic carboxylic acids is 1. The predicted molar refractivity (Wildman–Crippen MR) is 57.1 cm³/mol. The highest BCUT2D eigenvalue weighted by atomic mass is 16.4. The maximum Gasteiger partial charge on any atom is 0.326 e. The van der Waals surface area contributed by atoms with E-state index >= 15 is 0 Å². The summed E-state index contributed by atoms with van der Waals surface area (Å²) >= 11 is 0. The Labute approximate surface area is 96.4 Å². The number of aromatic nitrogens is 2. The first-order valence-corrected chi connectivity index (χ1v) is 4.88. The average molecular weight is 240 g/mol. The minimum absolute atomic E-state index is 0.0378. The molecule has 0 saturated heterocycles. The van der Waals surface area contributed by atoms with Gasteiger partial charge in [0.15, 0.2) is 6.04 Å². The predicted octanol–water partition coefficient (Wildman–Crippen LogP) is -0.324. The van der Waals surface area contributed by atoms with Gasteiger partial charge in [0, 0.05) is 12.6 Å². The molecule has 2 atom stereocenters. The molecule has 1 unspecified atom stereocenters. The quantitative estimate of drug-likeness (QED) is 0.587. The fourth-order valence-corrected chi connectivity index (χ4v) is 1.15. The lowest BCUT2D eigenvalue weighted by atomic mass is 10.1. The zero-order valence-electron chi connectivity index (χ0n) is 9.08. The number of aromatic amines is 1. The second-order valence-electron chi connectivity index (χ2n) is 3.45. The molecular formula is C9H12N4O4. The van der Waals surface area contributed by atoms with E-state index in [-0.39, 0.29) is 6.42 Å². The number of nitrogens with one attached hydrogen (secondary N) is 2. The Morgan fingerprint density at radius 2 is 2.35 bits per heavy atom. The Hall–Kier alpha value is -2.25. The van der Waals surface area contributed by atoms with E-state index in [1.807, 2.05) is 0 Å². The summed E-state index contributed by atoms with van der Waals surface area (Å²) in [6, 6.07) is -2.24. The first-order chi connectivity index (χ1) is 8.04. The molecule has 1 aromatic heterocycles. The number of carboxylic acids is 1. The van der Waals surface area contributed by atoms with Crippen LogP contribution in [0.25, 0.3) is 0 Å². The molecule has 1 heterocycles. The zero-order chi connectivity index (χ0) is 12.8. The van der Waals surface area contributed by atoms with Crippen LogP contribution in [0.3, 0.4) is 0 Å². The standard InChI is InChI=1S/C9H12N4O4/c1-5(13-17)8(14)12-7(9(15)16)2-6-3-10-4-11-6/h3-5,7H,2H2,1H3,(H,10,11)(H,12,14)(H,15,16)/t5?,7-/m0/s1. The normalized spacial score (nSPS) is 13.7. The third kappa shape index (κ3) is 3.67. The molecule has 1 amide bonds. The van der Waals surface area contributed by atoms with Gasteiger partial charge in [-0.3, -0.25) is 4.79 Å². The molecule has 0 aromatic carbocycles. The molecule has 0 saturated carbocycles. The third-order valence-electron chi connectivity index (χ3n) is 2.12. The Morgan fingerprint density at radius 1 is 1.65 bits per heavy atom. The highest BCUT2D eigenvalue weighted by molar-refractivity contribution is 5.86. The van der Waals surface area contributed by atoms with Gasteiger partial charge in [0.2, 0.25) is 5.91 Å². The minimum Gasteiger partial charge on any atom is -0.480 e. The second-order valence-corrected chi connectivity index (χ2v) is 3.45. The number of hydrogen-bond donors (Lipinski definition) is 3. The summed E-state index contributed by atoms with van der Waals surface area (Å²) in [7, 11) is 0. The summed E-state index contributed by atoms with van der Waals surface area (Å²) < 4.78 is 0. The summed E-state index contributed by atoms with van der Waals surface area (Å²) in [6.45, 7) is 1.29. The lowest BCUT2D eigenvalue weighted by Gasteiger charge is -2.13. The highest BCUT2D eigenvalue weighted by Gasteiger charge is 2.24. The number of hydrogen-bond acceptors (Lipinski definition) is 5. The lowest BCUT2D eigenvalue weighted by Crippen LogP contribution is -2.45. The monoisotopic (exact) mass is 240 g/mol. The minimum atomic E-state index is -1.19. The van der Waals surface area contributed by atoms with Crippen molar-refractivity contribution in [3.05, 3.63) is 23.1 Å². The van der Waals surface area contributed by atoms with Crippen LogP contribution in [-0.2, 0) is 16.0 Å². The Balaban J connectivity index is 2.64. The molecule has 0 bridgehead atoms. The van der Waals surface area contributed by atoms with Crippen LogP contribution < -0.4 is 5.32 Å². The van der Waals surface area contributed by atoms with Gasteiger partial charge in [0.1, 0.15) is 6.04 Å². The highest BCUT2D eigenvalue weighted by Crippen LogP contribution is 2.00. The van der Waals surface area contributed by atoms with Gasteiger partial charge in [0.05, 0.1) is 12.0 Å². The summed E-state index contributed by atoms with van der Waals surface area (Å²) in [5.41, 5.74) is 0.504. The molecule has 0 spiro atoms. The van der Waals surface area contributed by atoms with E-state index in [1.165, 1.54) is 19.4 Å². The van der Waals surface area contributed by atoms with Crippen LogP contribution in [0, 0.1) is 4.91 Å². The number of imidazole rings is 1. The summed E-state index contributed by atoms with van der Waals surface area (Å²) in [6.07, 6.45) is 2.98. The first kappa shape index (κ1) is 12.8.